The minimum Gasteiger partial charge on any atom is -0.319 e. The van der Waals surface area contributed by atoms with Crippen LogP contribution in [0.15, 0.2) is 29.9 Å². The van der Waals surface area contributed by atoms with E-state index >= 15 is 0 Å². The summed E-state index contributed by atoms with van der Waals surface area (Å²) in [6.45, 7) is 5.46. The Bertz CT molecular complexity index is 479. The summed E-state index contributed by atoms with van der Waals surface area (Å²) in [7, 11) is 1.99. The largest absolute Gasteiger partial charge is 0.319 e. The molecule has 2 rings (SSSR count). The van der Waals surface area contributed by atoms with Gasteiger partial charge >= 0.3 is 0 Å². The second-order valence-electron chi connectivity index (χ2n) is 4.72. The van der Waals surface area contributed by atoms with Crippen LogP contribution in [0.4, 0.5) is 0 Å². The first-order valence-corrected chi connectivity index (χ1v) is 7.10. The summed E-state index contributed by atoms with van der Waals surface area (Å²) < 4.78 is 0. The van der Waals surface area contributed by atoms with Crippen molar-refractivity contribution in [2.45, 2.75) is 19.8 Å². The molecule has 0 aliphatic carbocycles. The van der Waals surface area contributed by atoms with Gasteiger partial charge in [-0.05, 0) is 25.1 Å². The number of nitrogens with one attached hydrogen (secondary N) is 1. The van der Waals surface area contributed by atoms with Crippen molar-refractivity contribution in [2.24, 2.45) is 5.92 Å². The van der Waals surface area contributed by atoms with Gasteiger partial charge in [0.15, 0.2) is 0 Å². The maximum Gasteiger partial charge on any atom is 0.0978 e. The predicted molar refractivity (Wildman–Crippen MR) is 76.9 cm³/mol. The molecule has 0 spiro atoms. The van der Waals surface area contributed by atoms with Gasteiger partial charge in [-0.3, -0.25) is 4.98 Å². The third-order valence-corrected chi connectivity index (χ3v) is 4.00. The average molecular weight is 261 g/mol. The zero-order valence-corrected chi connectivity index (χ0v) is 11.9. The molecule has 18 heavy (non-hydrogen) atoms. The van der Waals surface area contributed by atoms with Gasteiger partial charge in [0.25, 0.3) is 0 Å². The molecule has 0 aliphatic heterocycles. The van der Waals surface area contributed by atoms with Crippen molar-refractivity contribution in [2.75, 3.05) is 13.6 Å². The molecule has 1 atom stereocenters. The molecule has 2 heterocycles. The number of nitrogens with zero attached hydrogens (tertiary/aromatic N) is 2. The van der Waals surface area contributed by atoms with Crippen LogP contribution in [0.1, 0.15) is 24.8 Å². The molecule has 96 valence electrons. The molecule has 0 saturated carbocycles. The Morgan fingerprint density at radius 2 is 2.22 bits per heavy atom. The Labute approximate surface area is 112 Å². The lowest BCUT2D eigenvalue weighted by atomic mass is 9.96. The van der Waals surface area contributed by atoms with E-state index in [1.807, 2.05) is 25.4 Å². The smallest absolute Gasteiger partial charge is 0.0978 e. The quantitative estimate of drug-likeness (QED) is 0.898. The third-order valence-electron chi connectivity index (χ3n) is 3.03. The summed E-state index contributed by atoms with van der Waals surface area (Å²) in [6, 6.07) is 4.00. The van der Waals surface area contributed by atoms with Crippen LogP contribution in [0.3, 0.4) is 0 Å². The fourth-order valence-electron chi connectivity index (χ4n) is 1.93. The Morgan fingerprint density at radius 1 is 1.39 bits per heavy atom. The van der Waals surface area contributed by atoms with E-state index in [0.717, 1.165) is 17.8 Å². The zero-order valence-electron chi connectivity index (χ0n) is 11.1. The fourth-order valence-corrected chi connectivity index (χ4v) is 3.04. The van der Waals surface area contributed by atoms with Crippen molar-refractivity contribution in [1.82, 2.24) is 15.3 Å². The maximum absolute atomic E-state index is 4.76. The molecule has 2 aromatic rings. The van der Waals surface area contributed by atoms with Crippen molar-refractivity contribution < 1.29 is 0 Å². The Morgan fingerprint density at radius 3 is 2.83 bits per heavy atom. The minimum atomic E-state index is 0.477. The number of likely N-dealkylation sites (N-methyl/N-ethyl adjacent to an activating group) is 1. The Hall–Kier alpha value is -1.26. The summed E-state index contributed by atoms with van der Waals surface area (Å²) in [6.07, 6.45) is 3.65. The van der Waals surface area contributed by atoms with Gasteiger partial charge in [-0.25, -0.2) is 4.98 Å². The number of hydrogen-bond acceptors (Lipinski definition) is 4. The highest BCUT2D eigenvalue weighted by atomic mass is 32.1. The molecule has 2 aromatic heterocycles. The highest BCUT2D eigenvalue weighted by Gasteiger charge is 2.18. The molecule has 0 fully saturated rings. The molecule has 3 nitrogen and oxygen atoms in total. The summed E-state index contributed by atoms with van der Waals surface area (Å²) in [5, 5.41) is 6.58. The van der Waals surface area contributed by atoms with Gasteiger partial charge in [-0.15, -0.1) is 11.3 Å². The van der Waals surface area contributed by atoms with Gasteiger partial charge < -0.3 is 5.32 Å². The van der Waals surface area contributed by atoms with E-state index in [9.17, 15) is 0 Å². The molecule has 0 amide bonds. The van der Waals surface area contributed by atoms with Crippen molar-refractivity contribution in [3.63, 3.8) is 0 Å². The van der Waals surface area contributed by atoms with Crippen LogP contribution in [0.25, 0.3) is 11.3 Å². The first kappa shape index (κ1) is 13.2. The van der Waals surface area contributed by atoms with Gasteiger partial charge in [0.2, 0.25) is 0 Å². The lowest BCUT2D eigenvalue weighted by Crippen LogP contribution is -2.21. The van der Waals surface area contributed by atoms with Crippen LogP contribution in [0.5, 0.6) is 0 Å². The molecular weight excluding hydrogens is 242 g/mol. The lowest BCUT2D eigenvalue weighted by molar-refractivity contribution is 0.477. The van der Waals surface area contributed by atoms with Crippen LogP contribution in [-0.4, -0.2) is 23.6 Å². The van der Waals surface area contributed by atoms with Crippen molar-refractivity contribution >= 4 is 11.3 Å². The Balaban J connectivity index is 2.24. The number of aromatic nitrogens is 2. The topological polar surface area (TPSA) is 37.8 Å². The van der Waals surface area contributed by atoms with Crippen molar-refractivity contribution in [3.05, 3.63) is 34.9 Å². The second-order valence-corrected chi connectivity index (χ2v) is 5.61. The average Bonchev–Trinajstić information content (AvgIpc) is 2.86. The predicted octanol–water partition coefficient (Wildman–Crippen LogP) is 3.16. The van der Waals surface area contributed by atoms with Crippen molar-refractivity contribution in [3.8, 4) is 11.3 Å². The standard InChI is InChI=1S/C14H19N3S/c1-10(2)12(8-15-3)14-17-13(9-18-14)11-5-4-6-16-7-11/h4-7,9-10,12,15H,8H2,1-3H3. The molecule has 0 aromatic carbocycles. The molecule has 4 heteroatoms. The molecule has 0 radical (unpaired) electrons. The van der Waals surface area contributed by atoms with Crippen LogP contribution in [0, 0.1) is 5.92 Å². The van der Waals surface area contributed by atoms with Crippen LogP contribution in [-0.2, 0) is 0 Å². The highest BCUT2D eigenvalue weighted by molar-refractivity contribution is 7.10. The zero-order chi connectivity index (χ0) is 13.0. The van der Waals surface area contributed by atoms with Gasteiger partial charge in [0, 0.05) is 35.8 Å². The van der Waals surface area contributed by atoms with E-state index in [4.69, 9.17) is 4.98 Å². The third kappa shape index (κ3) is 2.94. The fraction of sp³-hybridized carbons (Fsp3) is 0.429. The van der Waals surface area contributed by atoms with Gasteiger partial charge in [-0.2, -0.15) is 0 Å². The van der Waals surface area contributed by atoms with Crippen LogP contribution < -0.4 is 5.32 Å². The number of pyridine rings is 1. The van der Waals surface area contributed by atoms with Gasteiger partial charge in [0.1, 0.15) is 0 Å². The normalized spacial score (nSPS) is 12.9. The first-order chi connectivity index (χ1) is 8.72. The van der Waals surface area contributed by atoms with Crippen LogP contribution >= 0.6 is 11.3 Å². The van der Waals surface area contributed by atoms with Crippen LogP contribution in [0.2, 0.25) is 0 Å². The summed E-state index contributed by atoms with van der Waals surface area (Å²) in [5.74, 6) is 1.07. The monoisotopic (exact) mass is 261 g/mol. The first-order valence-electron chi connectivity index (χ1n) is 6.22. The SMILES string of the molecule is CNCC(c1nc(-c2cccnc2)cs1)C(C)C. The van der Waals surface area contributed by atoms with E-state index in [2.05, 4.69) is 29.5 Å². The highest BCUT2D eigenvalue weighted by Crippen LogP contribution is 2.30. The summed E-state index contributed by atoms with van der Waals surface area (Å²) in [4.78, 5) is 8.90. The number of thiazole rings is 1. The number of hydrogen-bond donors (Lipinski definition) is 1. The van der Waals surface area contributed by atoms with E-state index in [0.29, 0.717) is 11.8 Å². The molecule has 1 N–H and O–H groups in total. The van der Waals surface area contributed by atoms with Crippen molar-refractivity contribution in [1.29, 1.82) is 0 Å². The van der Waals surface area contributed by atoms with E-state index in [1.165, 1.54) is 5.01 Å². The summed E-state index contributed by atoms with van der Waals surface area (Å²) >= 11 is 1.74. The Kier molecular flexibility index (Phi) is 4.44. The molecule has 0 bridgehead atoms. The van der Waals surface area contributed by atoms with E-state index < -0.39 is 0 Å². The second kappa shape index (κ2) is 6.07. The maximum atomic E-state index is 4.76. The minimum absolute atomic E-state index is 0.477. The molecular formula is C14H19N3S. The van der Waals surface area contributed by atoms with Gasteiger partial charge in [-0.1, -0.05) is 13.8 Å². The lowest BCUT2D eigenvalue weighted by Gasteiger charge is -2.17. The molecule has 1 unspecified atom stereocenters. The number of rotatable bonds is 5. The summed E-state index contributed by atoms with van der Waals surface area (Å²) in [5.41, 5.74) is 2.12. The molecule has 0 aliphatic rings. The van der Waals surface area contributed by atoms with E-state index in [1.54, 1.807) is 17.5 Å². The molecule has 0 saturated heterocycles. The van der Waals surface area contributed by atoms with Gasteiger partial charge in [0.05, 0.1) is 10.7 Å². The van der Waals surface area contributed by atoms with E-state index in [-0.39, 0.29) is 0 Å².